The first kappa shape index (κ1) is 20.7. The molecule has 2 atom stereocenters. The summed E-state index contributed by atoms with van der Waals surface area (Å²) >= 11 is 0. The number of piperidine rings is 1. The van der Waals surface area contributed by atoms with Gasteiger partial charge in [-0.05, 0) is 50.6 Å². The smallest absolute Gasteiger partial charge is 0.269 e. The Labute approximate surface area is 179 Å². The number of aromatic nitrogens is 2. The van der Waals surface area contributed by atoms with E-state index in [9.17, 15) is 14.9 Å². The first-order valence-corrected chi connectivity index (χ1v) is 10.2. The van der Waals surface area contributed by atoms with Crippen LogP contribution in [0, 0.1) is 16.0 Å². The minimum atomic E-state index is -0.453. The number of carbonyl (C=O) groups is 1. The highest BCUT2D eigenvalue weighted by atomic mass is 16.6. The Morgan fingerprint density at radius 1 is 1.19 bits per heavy atom. The van der Waals surface area contributed by atoms with E-state index in [1.807, 2.05) is 37.3 Å². The number of hydrogen-bond acceptors (Lipinski definition) is 7. The van der Waals surface area contributed by atoms with Crippen molar-refractivity contribution in [2.45, 2.75) is 25.8 Å². The molecule has 2 heterocycles. The Morgan fingerprint density at radius 3 is 2.65 bits per heavy atom. The summed E-state index contributed by atoms with van der Waals surface area (Å²) in [6.45, 7) is 3.42. The van der Waals surface area contributed by atoms with Gasteiger partial charge in [0.1, 0.15) is 0 Å². The molecule has 0 unspecified atom stereocenters. The molecule has 0 radical (unpaired) electrons. The lowest BCUT2D eigenvalue weighted by Crippen LogP contribution is -2.41. The molecule has 160 valence electrons. The van der Waals surface area contributed by atoms with Crippen LogP contribution in [-0.2, 0) is 4.79 Å². The number of benzene rings is 2. The maximum absolute atomic E-state index is 12.7. The van der Waals surface area contributed by atoms with Crippen LogP contribution in [0.15, 0.2) is 59.0 Å². The van der Waals surface area contributed by atoms with E-state index in [2.05, 4.69) is 20.4 Å². The van der Waals surface area contributed by atoms with E-state index >= 15 is 0 Å². The highest BCUT2D eigenvalue weighted by Crippen LogP contribution is 2.29. The number of nitrogens with one attached hydrogen (secondary N) is 1. The lowest BCUT2D eigenvalue weighted by molar-refractivity contribution is -0.384. The average Bonchev–Trinajstić information content (AvgIpc) is 3.30. The van der Waals surface area contributed by atoms with E-state index in [-0.39, 0.29) is 23.6 Å². The standard InChI is InChI=1S/C22H23N5O4/c1-15(21-24-25-22(31-21)16-9-11-19(12-10-16)27(29)30)26-13-5-6-17(14-26)20(28)23-18-7-3-2-4-8-18/h2-4,7-12,15,17H,5-6,13-14H2,1H3,(H,23,28)/t15-,17-/m0/s1. The van der Waals surface area contributed by atoms with Crippen molar-refractivity contribution in [2.24, 2.45) is 5.92 Å². The molecule has 1 aliphatic rings. The maximum Gasteiger partial charge on any atom is 0.269 e. The molecule has 2 aromatic carbocycles. The molecule has 31 heavy (non-hydrogen) atoms. The summed E-state index contributed by atoms with van der Waals surface area (Å²) in [5.41, 5.74) is 1.42. The molecule has 0 aliphatic carbocycles. The third-order valence-corrected chi connectivity index (χ3v) is 5.54. The van der Waals surface area contributed by atoms with Gasteiger partial charge in [0.2, 0.25) is 17.7 Å². The number of para-hydroxylation sites is 1. The Kier molecular flexibility index (Phi) is 6.03. The van der Waals surface area contributed by atoms with Crippen LogP contribution in [0.25, 0.3) is 11.5 Å². The normalized spacial score (nSPS) is 17.8. The number of nitro benzene ring substituents is 1. The average molecular weight is 421 g/mol. The summed E-state index contributed by atoms with van der Waals surface area (Å²) in [6, 6.07) is 15.3. The summed E-state index contributed by atoms with van der Waals surface area (Å²) in [5.74, 6) is 0.665. The van der Waals surface area contributed by atoms with Gasteiger partial charge in [-0.15, -0.1) is 10.2 Å². The molecule has 0 bridgehead atoms. The molecule has 1 fully saturated rings. The first-order chi connectivity index (χ1) is 15.0. The number of amides is 1. The van der Waals surface area contributed by atoms with Gasteiger partial charge in [-0.1, -0.05) is 18.2 Å². The second-order valence-corrected chi connectivity index (χ2v) is 7.61. The van der Waals surface area contributed by atoms with Crippen molar-refractivity contribution in [2.75, 3.05) is 18.4 Å². The van der Waals surface area contributed by atoms with Gasteiger partial charge in [-0.2, -0.15) is 0 Å². The van der Waals surface area contributed by atoms with Crippen LogP contribution in [0.1, 0.15) is 31.7 Å². The van der Waals surface area contributed by atoms with Gasteiger partial charge < -0.3 is 9.73 Å². The number of nitrogens with zero attached hydrogens (tertiary/aromatic N) is 4. The van der Waals surface area contributed by atoms with Gasteiger partial charge in [0.25, 0.3) is 5.69 Å². The summed E-state index contributed by atoms with van der Waals surface area (Å²) < 4.78 is 5.84. The monoisotopic (exact) mass is 421 g/mol. The van der Waals surface area contributed by atoms with Crippen LogP contribution in [0.2, 0.25) is 0 Å². The molecule has 1 amide bonds. The number of carbonyl (C=O) groups excluding carboxylic acids is 1. The van der Waals surface area contributed by atoms with E-state index in [4.69, 9.17) is 4.42 Å². The maximum atomic E-state index is 12.7. The van der Waals surface area contributed by atoms with Gasteiger partial charge in [0.15, 0.2) is 0 Å². The second kappa shape index (κ2) is 9.05. The summed E-state index contributed by atoms with van der Waals surface area (Å²) in [7, 11) is 0. The lowest BCUT2D eigenvalue weighted by atomic mass is 9.96. The zero-order chi connectivity index (χ0) is 21.8. The molecule has 4 rings (SSSR count). The highest BCUT2D eigenvalue weighted by molar-refractivity contribution is 5.92. The predicted molar refractivity (Wildman–Crippen MR) is 114 cm³/mol. The van der Waals surface area contributed by atoms with Gasteiger partial charge in [0.05, 0.1) is 16.9 Å². The quantitative estimate of drug-likeness (QED) is 0.471. The molecular weight excluding hydrogens is 398 g/mol. The van der Waals surface area contributed by atoms with Crippen molar-refractivity contribution >= 4 is 17.3 Å². The first-order valence-electron chi connectivity index (χ1n) is 10.2. The predicted octanol–water partition coefficient (Wildman–Crippen LogP) is 4.06. The lowest BCUT2D eigenvalue weighted by Gasteiger charge is -2.34. The molecule has 9 nitrogen and oxygen atoms in total. The van der Waals surface area contributed by atoms with Crippen LogP contribution in [-0.4, -0.2) is 39.0 Å². The number of rotatable bonds is 6. The van der Waals surface area contributed by atoms with Crippen LogP contribution >= 0.6 is 0 Å². The number of likely N-dealkylation sites (tertiary alicyclic amines) is 1. The minimum absolute atomic E-state index is 0.00462. The number of hydrogen-bond donors (Lipinski definition) is 1. The molecule has 0 saturated carbocycles. The topological polar surface area (TPSA) is 114 Å². The number of anilines is 1. The zero-order valence-electron chi connectivity index (χ0n) is 17.1. The number of nitro groups is 1. The fraction of sp³-hybridized carbons (Fsp3) is 0.318. The molecule has 9 heteroatoms. The van der Waals surface area contributed by atoms with Crippen LogP contribution < -0.4 is 5.32 Å². The van der Waals surface area contributed by atoms with Gasteiger partial charge in [-0.3, -0.25) is 19.8 Å². The summed E-state index contributed by atoms with van der Waals surface area (Å²) in [6.07, 6.45) is 1.74. The fourth-order valence-electron chi connectivity index (χ4n) is 3.74. The van der Waals surface area contributed by atoms with E-state index in [1.165, 1.54) is 12.1 Å². The van der Waals surface area contributed by atoms with Crippen LogP contribution in [0.4, 0.5) is 11.4 Å². The SMILES string of the molecule is C[C@@H](c1nnc(-c2ccc([N+](=O)[O-])cc2)o1)N1CCC[C@H](C(=O)Nc2ccccc2)C1. The zero-order valence-corrected chi connectivity index (χ0v) is 17.1. The molecule has 1 saturated heterocycles. The number of non-ortho nitro benzene ring substituents is 1. The van der Waals surface area contributed by atoms with Crippen molar-refractivity contribution in [1.82, 2.24) is 15.1 Å². The van der Waals surface area contributed by atoms with Crippen molar-refractivity contribution in [3.05, 3.63) is 70.6 Å². The molecule has 1 N–H and O–H groups in total. The third kappa shape index (κ3) is 4.77. The van der Waals surface area contributed by atoms with Gasteiger partial charge in [0, 0.05) is 29.9 Å². The second-order valence-electron chi connectivity index (χ2n) is 7.61. The van der Waals surface area contributed by atoms with Gasteiger partial charge in [-0.25, -0.2) is 0 Å². The molecule has 1 aliphatic heterocycles. The fourth-order valence-corrected chi connectivity index (χ4v) is 3.74. The Hall–Kier alpha value is -3.59. The van der Waals surface area contributed by atoms with E-state index < -0.39 is 4.92 Å². The molecular formula is C22H23N5O4. The van der Waals surface area contributed by atoms with Crippen molar-refractivity contribution in [1.29, 1.82) is 0 Å². The van der Waals surface area contributed by atoms with Crippen molar-refractivity contribution in [3.63, 3.8) is 0 Å². The van der Waals surface area contributed by atoms with Crippen molar-refractivity contribution < 1.29 is 14.1 Å². The van der Waals surface area contributed by atoms with Crippen LogP contribution in [0.5, 0.6) is 0 Å². The minimum Gasteiger partial charge on any atom is -0.419 e. The van der Waals surface area contributed by atoms with E-state index in [0.717, 1.165) is 25.1 Å². The Morgan fingerprint density at radius 2 is 1.94 bits per heavy atom. The largest absolute Gasteiger partial charge is 0.419 e. The van der Waals surface area contributed by atoms with Crippen LogP contribution in [0.3, 0.4) is 0 Å². The molecule has 1 aromatic heterocycles. The van der Waals surface area contributed by atoms with E-state index in [0.29, 0.717) is 23.9 Å². The Bertz CT molecular complexity index is 1050. The summed E-state index contributed by atoms with van der Waals surface area (Å²) in [4.78, 5) is 25.2. The highest BCUT2D eigenvalue weighted by Gasteiger charge is 2.31. The molecule has 0 spiro atoms. The van der Waals surface area contributed by atoms with Crippen molar-refractivity contribution in [3.8, 4) is 11.5 Å². The third-order valence-electron chi connectivity index (χ3n) is 5.54. The van der Waals surface area contributed by atoms with E-state index in [1.54, 1.807) is 12.1 Å². The summed E-state index contributed by atoms with van der Waals surface area (Å²) in [5, 5.41) is 22.1. The molecule has 3 aromatic rings. The Balaban J connectivity index is 1.41. The van der Waals surface area contributed by atoms with Gasteiger partial charge >= 0.3 is 0 Å².